The molecule has 0 unspecified atom stereocenters. The standard InChI is InChI=1S/C25H33N3O3/c1-18(2)17-31-23-13-11-20(12-14-23)26-16-24(29)27-22-10-6-7-19(15-22)25(30)28-21-8-4-3-5-9-21/h6-7,10-15,18,21,26H,3-5,8-9,16-17H2,1-2H3,(H,27,29)(H,28,30). The van der Waals surface area contributed by atoms with Crippen molar-refractivity contribution in [3.05, 3.63) is 54.1 Å². The average Bonchev–Trinajstić information content (AvgIpc) is 2.78. The van der Waals surface area contributed by atoms with E-state index in [0.717, 1.165) is 24.3 Å². The van der Waals surface area contributed by atoms with Crippen molar-refractivity contribution in [2.75, 3.05) is 23.8 Å². The minimum atomic E-state index is -0.176. The highest BCUT2D eigenvalue weighted by Gasteiger charge is 2.17. The summed E-state index contributed by atoms with van der Waals surface area (Å²) in [5.41, 5.74) is 2.02. The summed E-state index contributed by atoms with van der Waals surface area (Å²) in [5.74, 6) is 1.02. The molecule has 1 aliphatic carbocycles. The number of hydrogen-bond donors (Lipinski definition) is 3. The summed E-state index contributed by atoms with van der Waals surface area (Å²) in [7, 11) is 0. The van der Waals surface area contributed by atoms with E-state index in [4.69, 9.17) is 4.74 Å². The van der Waals surface area contributed by atoms with Crippen LogP contribution < -0.4 is 20.7 Å². The van der Waals surface area contributed by atoms with Gasteiger partial charge in [0.2, 0.25) is 5.91 Å². The molecule has 31 heavy (non-hydrogen) atoms. The molecule has 0 radical (unpaired) electrons. The molecule has 3 N–H and O–H groups in total. The lowest BCUT2D eigenvalue weighted by Crippen LogP contribution is -2.36. The molecule has 0 bridgehead atoms. The van der Waals surface area contributed by atoms with Crippen LogP contribution in [-0.2, 0) is 4.79 Å². The van der Waals surface area contributed by atoms with Crippen LogP contribution in [0.1, 0.15) is 56.3 Å². The van der Waals surface area contributed by atoms with E-state index in [1.165, 1.54) is 19.3 Å². The number of ether oxygens (including phenoxy) is 1. The van der Waals surface area contributed by atoms with Gasteiger partial charge in [0.05, 0.1) is 13.2 Å². The maximum absolute atomic E-state index is 12.5. The highest BCUT2D eigenvalue weighted by molar-refractivity contribution is 5.98. The van der Waals surface area contributed by atoms with Crippen molar-refractivity contribution in [1.29, 1.82) is 0 Å². The van der Waals surface area contributed by atoms with Gasteiger partial charge in [0, 0.05) is 23.0 Å². The van der Waals surface area contributed by atoms with Gasteiger partial charge in [0.1, 0.15) is 5.75 Å². The molecule has 1 saturated carbocycles. The number of nitrogens with one attached hydrogen (secondary N) is 3. The summed E-state index contributed by atoms with van der Waals surface area (Å²) in [6, 6.07) is 14.9. The smallest absolute Gasteiger partial charge is 0.251 e. The van der Waals surface area contributed by atoms with Crippen molar-refractivity contribution >= 4 is 23.2 Å². The van der Waals surface area contributed by atoms with Gasteiger partial charge in [0.25, 0.3) is 5.91 Å². The van der Waals surface area contributed by atoms with Crippen LogP contribution in [0.2, 0.25) is 0 Å². The topological polar surface area (TPSA) is 79.5 Å². The van der Waals surface area contributed by atoms with Crippen LogP contribution in [-0.4, -0.2) is 31.0 Å². The van der Waals surface area contributed by atoms with Crippen molar-refractivity contribution in [1.82, 2.24) is 5.32 Å². The molecule has 0 aromatic heterocycles. The van der Waals surface area contributed by atoms with E-state index >= 15 is 0 Å². The van der Waals surface area contributed by atoms with Crippen LogP contribution in [0.4, 0.5) is 11.4 Å². The Morgan fingerprint density at radius 2 is 1.74 bits per heavy atom. The SMILES string of the molecule is CC(C)COc1ccc(NCC(=O)Nc2cccc(C(=O)NC3CCCCC3)c2)cc1. The van der Waals surface area contributed by atoms with Gasteiger partial charge in [-0.25, -0.2) is 0 Å². The normalized spacial score (nSPS) is 14.2. The Morgan fingerprint density at radius 1 is 1.00 bits per heavy atom. The third-order valence-corrected chi connectivity index (χ3v) is 5.24. The fourth-order valence-corrected chi connectivity index (χ4v) is 3.57. The summed E-state index contributed by atoms with van der Waals surface area (Å²) in [6.07, 6.45) is 5.67. The van der Waals surface area contributed by atoms with Crippen molar-refractivity contribution in [3.63, 3.8) is 0 Å². The summed E-state index contributed by atoms with van der Waals surface area (Å²) in [6.45, 7) is 5.01. The summed E-state index contributed by atoms with van der Waals surface area (Å²) in [5, 5.41) is 9.06. The van der Waals surface area contributed by atoms with Crippen LogP contribution in [0.3, 0.4) is 0 Å². The zero-order valence-corrected chi connectivity index (χ0v) is 18.4. The number of rotatable bonds is 9. The molecule has 0 atom stereocenters. The van der Waals surface area contributed by atoms with Crippen LogP contribution >= 0.6 is 0 Å². The number of carbonyl (C=O) groups excluding carboxylic acids is 2. The van der Waals surface area contributed by atoms with Crippen molar-refractivity contribution in [2.45, 2.75) is 52.0 Å². The molecule has 6 heteroatoms. The molecule has 0 heterocycles. The van der Waals surface area contributed by atoms with Gasteiger partial charge in [-0.15, -0.1) is 0 Å². The van der Waals surface area contributed by atoms with Gasteiger partial charge in [0.15, 0.2) is 0 Å². The molecular weight excluding hydrogens is 390 g/mol. The molecule has 0 saturated heterocycles. The highest BCUT2D eigenvalue weighted by Crippen LogP contribution is 2.19. The molecule has 1 fully saturated rings. The van der Waals surface area contributed by atoms with E-state index in [1.807, 2.05) is 24.3 Å². The zero-order valence-electron chi connectivity index (χ0n) is 18.4. The summed E-state index contributed by atoms with van der Waals surface area (Å²) in [4.78, 5) is 24.9. The second-order valence-corrected chi connectivity index (χ2v) is 8.52. The van der Waals surface area contributed by atoms with Crippen LogP contribution in [0.15, 0.2) is 48.5 Å². The summed E-state index contributed by atoms with van der Waals surface area (Å²) >= 11 is 0. The fourth-order valence-electron chi connectivity index (χ4n) is 3.57. The molecule has 3 rings (SSSR count). The Morgan fingerprint density at radius 3 is 2.45 bits per heavy atom. The molecule has 2 amide bonds. The van der Waals surface area contributed by atoms with Gasteiger partial charge in [-0.05, 0) is 61.2 Å². The quantitative estimate of drug-likeness (QED) is 0.539. The van der Waals surface area contributed by atoms with Crippen molar-refractivity contribution in [3.8, 4) is 5.75 Å². The first-order valence-corrected chi connectivity index (χ1v) is 11.2. The fraction of sp³-hybridized carbons (Fsp3) is 0.440. The summed E-state index contributed by atoms with van der Waals surface area (Å²) < 4.78 is 5.67. The first kappa shape index (κ1) is 22.7. The van der Waals surface area contributed by atoms with E-state index in [9.17, 15) is 9.59 Å². The Hall–Kier alpha value is -3.02. The minimum absolute atomic E-state index is 0.0825. The maximum atomic E-state index is 12.5. The second kappa shape index (κ2) is 11.4. The van der Waals surface area contributed by atoms with E-state index in [2.05, 4.69) is 29.8 Å². The van der Waals surface area contributed by atoms with Gasteiger partial charge in [-0.1, -0.05) is 39.2 Å². The maximum Gasteiger partial charge on any atom is 0.251 e. The Kier molecular flexibility index (Phi) is 8.33. The predicted molar refractivity (Wildman–Crippen MR) is 125 cm³/mol. The van der Waals surface area contributed by atoms with Crippen molar-refractivity contribution < 1.29 is 14.3 Å². The molecular formula is C25H33N3O3. The van der Waals surface area contributed by atoms with E-state index in [1.54, 1.807) is 24.3 Å². The third-order valence-electron chi connectivity index (χ3n) is 5.24. The molecule has 2 aromatic rings. The minimum Gasteiger partial charge on any atom is -0.493 e. The zero-order chi connectivity index (χ0) is 22.1. The number of amides is 2. The van der Waals surface area contributed by atoms with E-state index in [-0.39, 0.29) is 24.4 Å². The molecule has 0 aliphatic heterocycles. The lowest BCUT2D eigenvalue weighted by atomic mass is 9.95. The number of carbonyl (C=O) groups is 2. The predicted octanol–water partition coefficient (Wildman–Crippen LogP) is 4.83. The number of hydrogen-bond acceptors (Lipinski definition) is 4. The van der Waals surface area contributed by atoms with Crippen LogP contribution in [0.25, 0.3) is 0 Å². The lowest BCUT2D eigenvalue weighted by molar-refractivity contribution is -0.114. The number of anilines is 2. The average molecular weight is 424 g/mol. The van der Waals surface area contributed by atoms with Gasteiger partial charge in [-0.2, -0.15) is 0 Å². The van der Waals surface area contributed by atoms with Crippen molar-refractivity contribution in [2.24, 2.45) is 5.92 Å². The largest absolute Gasteiger partial charge is 0.493 e. The third kappa shape index (κ3) is 7.63. The second-order valence-electron chi connectivity index (χ2n) is 8.52. The van der Waals surface area contributed by atoms with Gasteiger partial charge >= 0.3 is 0 Å². The molecule has 6 nitrogen and oxygen atoms in total. The monoisotopic (exact) mass is 423 g/mol. The molecule has 166 valence electrons. The Labute approximate surface area is 184 Å². The lowest BCUT2D eigenvalue weighted by Gasteiger charge is -2.22. The van der Waals surface area contributed by atoms with Gasteiger partial charge in [-0.3, -0.25) is 9.59 Å². The molecule has 1 aliphatic rings. The van der Waals surface area contributed by atoms with Gasteiger partial charge < -0.3 is 20.7 Å². The number of benzene rings is 2. The van der Waals surface area contributed by atoms with E-state index < -0.39 is 0 Å². The first-order valence-electron chi connectivity index (χ1n) is 11.2. The highest BCUT2D eigenvalue weighted by atomic mass is 16.5. The van der Waals surface area contributed by atoms with E-state index in [0.29, 0.717) is 23.8 Å². The van der Waals surface area contributed by atoms with Crippen LogP contribution in [0, 0.1) is 5.92 Å². The van der Waals surface area contributed by atoms with Crippen LogP contribution in [0.5, 0.6) is 5.75 Å². The molecule has 2 aromatic carbocycles. The first-order chi connectivity index (χ1) is 15.0. The molecule has 0 spiro atoms. The Bertz CT molecular complexity index is 859. The Balaban J connectivity index is 1.46.